The molecule has 1 aliphatic rings. The van der Waals surface area contributed by atoms with Gasteiger partial charge in [-0.05, 0) is 59.8 Å². The summed E-state index contributed by atoms with van der Waals surface area (Å²) in [4.78, 5) is 38.7. The zero-order valence-corrected chi connectivity index (χ0v) is 19.2. The van der Waals surface area contributed by atoms with Crippen molar-refractivity contribution >= 4 is 52.2 Å². The number of para-hydroxylation sites is 1. The van der Waals surface area contributed by atoms with E-state index in [4.69, 9.17) is 16.3 Å². The number of carbonyl (C=O) groups excluding carboxylic acids is 3. The molecule has 0 saturated carbocycles. The summed E-state index contributed by atoms with van der Waals surface area (Å²) >= 11 is 6.66. The summed E-state index contributed by atoms with van der Waals surface area (Å²) in [5.74, 6) is -0.920. The second-order valence-electron chi connectivity index (χ2n) is 7.28. The number of nitrogens with one attached hydrogen (secondary N) is 1. The maximum absolute atomic E-state index is 13.1. The number of rotatable bonds is 7. The smallest absolute Gasteiger partial charge is 0.294 e. The van der Waals surface area contributed by atoms with Crippen molar-refractivity contribution in [1.82, 2.24) is 4.90 Å². The Morgan fingerprint density at radius 2 is 1.82 bits per heavy atom. The Morgan fingerprint density at radius 3 is 2.59 bits per heavy atom. The number of thioether (sulfide) groups is 1. The van der Waals surface area contributed by atoms with E-state index in [1.165, 1.54) is 12.1 Å². The van der Waals surface area contributed by atoms with E-state index in [2.05, 4.69) is 5.32 Å². The van der Waals surface area contributed by atoms with Crippen LogP contribution in [0.3, 0.4) is 0 Å². The minimum absolute atomic E-state index is 0.179. The lowest BCUT2D eigenvalue weighted by Gasteiger charge is -2.12. The minimum atomic E-state index is -0.565. The van der Waals surface area contributed by atoms with Crippen LogP contribution in [-0.2, 0) is 16.2 Å². The monoisotopic (exact) mass is 496 g/mol. The third kappa shape index (κ3) is 5.84. The van der Waals surface area contributed by atoms with E-state index in [1.54, 1.807) is 66.7 Å². The van der Waals surface area contributed by atoms with Crippen LogP contribution >= 0.6 is 23.4 Å². The lowest BCUT2D eigenvalue weighted by molar-refractivity contribution is -0.127. The van der Waals surface area contributed by atoms with E-state index in [9.17, 15) is 18.8 Å². The second kappa shape index (κ2) is 10.5. The lowest BCUT2D eigenvalue weighted by Crippen LogP contribution is -2.36. The number of halogens is 2. The van der Waals surface area contributed by atoms with E-state index < -0.39 is 23.6 Å². The Kier molecular flexibility index (Phi) is 7.30. The summed E-state index contributed by atoms with van der Waals surface area (Å²) in [6.07, 6.45) is 1.56. The molecule has 0 bridgehead atoms. The van der Waals surface area contributed by atoms with Crippen LogP contribution in [0.15, 0.2) is 77.7 Å². The van der Waals surface area contributed by atoms with Gasteiger partial charge in [-0.25, -0.2) is 4.39 Å². The molecular weight excluding hydrogens is 479 g/mol. The summed E-state index contributed by atoms with van der Waals surface area (Å²) in [5, 5.41) is 2.53. The lowest BCUT2D eigenvalue weighted by atomic mass is 10.1. The van der Waals surface area contributed by atoms with Crippen LogP contribution in [0.2, 0.25) is 5.02 Å². The van der Waals surface area contributed by atoms with Crippen LogP contribution in [0.5, 0.6) is 5.75 Å². The number of carbonyl (C=O) groups is 3. The SMILES string of the molecule is O=C(CN1C(=O)S/C(=C\c2ccccc2OCc2ccc(F)cc2)C1=O)Nc1cccc(Cl)c1. The molecular formula is C25H18ClFN2O4S. The van der Waals surface area contributed by atoms with Gasteiger partial charge >= 0.3 is 0 Å². The first-order valence-electron chi connectivity index (χ1n) is 10.2. The average molecular weight is 497 g/mol. The number of nitrogens with zero attached hydrogens (tertiary/aromatic N) is 1. The molecule has 3 aromatic carbocycles. The number of benzene rings is 3. The highest BCUT2D eigenvalue weighted by molar-refractivity contribution is 8.18. The van der Waals surface area contributed by atoms with Gasteiger partial charge in [0.15, 0.2) is 0 Å². The standard InChI is InChI=1S/C25H18ClFN2O4S/c26-18-5-3-6-20(13-18)28-23(30)14-29-24(31)22(34-25(29)32)12-17-4-1-2-7-21(17)33-15-16-8-10-19(27)11-9-16/h1-13H,14-15H2,(H,28,30)/b22-12-. The van der Waals surface area contributed by atoms with Crippen molar-refractivity contribution in [3.05, 3.63) is 99.7 Å². The molecule has 1 heterocycles. The summed E-state index contributed by atoms with van der Waals surface area (Å²) in [6.45, 7) is -0.215. The van der Waals surface area contributed by atoms with E-state index in [1.807, 2.05) is 0 Å². The predicted molar refractivity (Wildman–Crippen MR) is 130 cm³/mol. The third-order valence-electron chi connectivity index (χ3n) is 4.80. The average Bonchev–Trinajstić information content (AvgIpc) is 3.07. The minimum Gasteiger partial charge on any atom is -0.488 e. The van der Waals surface area contributed by atoms with Crippen molar-refractivity contribution in [2.24, 2.45) is 0 Å². The molecule has 0 aromatic heterocycles. The molecule has 1 N–H and O–H groups in total. The van der Waals surface area contributed by atoms with Crippen molar-refractivity contribution in [2.75, 3.05) is 11.9 Å². The Labute approximate surface area is 204 Å². The first-order valence-corrected chi connectivity index (χ1v) is 11.4. The number of ether oxygens (including phenoxy) is 1. The number of hydrogen-bond donors (Lipinski definition) is 1. The fourth-order valence-corrected chi connectivity index (χ4v) is 4.18. The Morgan fingerprint density at radius 1 is 1.06 bits per heavy atom. The van der Waals surface area contributed by atoms with Crippen LogP contribution in [0.25, 0.3) is 6.08 Å². The van der Waals surface area contributed by atoms with Gasteiger partial charge in [-0.2, -0.15) is 0 Å². The van der Waals surface area contributed by atoms with Gasteiger partial charge in [-0.15, -0.1) is 0 Å². The molecule has 3 aromatic rings. The number of amides is 3. The molecule has 0 atom stereocenters. The van der Waals surface area contributed by atoms with Crippen LogP contribution in [0.4, 0.5) is 14.9 Å². The summed E-state index contributed by atoms with van der Waals surface area (Å²) in [5.41, 5.74) is 1.84. The van der Waals surface area contributed by atoms with Crippen LogP contribution < -0.4 is 10.1 Å². The van der Waals surface area contributed by atoms with Gasteiger partial charge in [0, 0.05) is 16.3 Å². The molecule has 4 rings (SSSR count). The zero-order valence-electron chi connectivity index (χ0n) is 17.7. The van der Waals surface area contributed by atoms with Gasteiger partial charge < -0.3 is 10.1 Å². The molecule has 9 heteroatoms. The second-order valence-corrected chi connectivity index (χ2v) is 8.71. The molecule has 1 fully saturated rings. The maximum Gasteiger partial charge on any atom is 0.294 e. The van der Waals surface area contributed by atoms with Crippen LogP contribution in [0.1, 0.15) is 11.1 Å². The largest absolute Gasteiger partial charge is 0.488 e. The van der Waals surface area contributed by atoms with Gasteiger partial charge in [0.1, 0.15) is 24.7 Å². The zero-order chi connectivity index (χ0) is 24.1. The summed E-state index contributed by atoms with van der Waals surface area (Å²) < 4.78 is 18.9. The fourth-order valence-electron chi connectivity index (χ4n) is 3.16. The molecule has 1 aliphatic heterocycles. The van der Waals surface area contributed by atoms with Gasteiger partial charge in [0.2, 0.25) is 5.91 Å². The number of hydrogen-bond acceptors (Lipinski definition) is 5. The van der Waals surface area contributed by atoms with E-state index in [0.717, 1.165) is 22.2 Å². The fraction of sp³-hybridized carbons (Fsp3) is 0.0800. The Balaban J connectivity index is 1.44. The van der Waals surface area contributed by atoms with Gasteiger partial charge in [-0.3, -0.25) is 19.3 Å². The van der Waals surface area contributed by atoms with E-state index >= 15 is 0 Å². The van der Waals surface area contributed by atoms with Crippen molar-refractivity contribution in [2.45, 2.75) is 6.61 Å². The van der Waals surface area contributed by atoms with Crippen molar-refractivity contribution < 1.29 is 23.5 Å². The van der Waals surface area contributed by atoms with Crippen molar-refractivity contribution in [3.8, 4) is 5.75 Å². The number of imide groups is 1. The normalized spacial score (nSPS) is 14.5. The highest BCUT2D eigenvalue weighted by Crippen LogP contribution is 2.34. The third-order valence-corrected chi connectivity index (χ3v) is 5.94. The molecule has 0 aliphatic carbocycles. The van der Waals surface area contributed by atoms with Crippen LogP contribution in [-0.4, -0.2) is 28.5 Å². The van der Waals surface area contributed by atoms with Crippen molar-refractivity contribution in [3.63, 3.8) is 0 Å². The molecule has 172 valence electrons. The van der Waals surface area contributed by atoms with Gasteiger partial charge in [-0.1, -0.05) is 48.0 Å². The van der Waals surface area contributed by atoms with E-state index in [-0.39, 0.29) is 17.3 Å². The molecule has 3 amide bonds. The Hall–Kier alpha value is -3.62. The molecule has 0 spiro atoms. The Bertz CT molecular complexity index is 1280. The molecule has 0 unspecified atom stereocenters. The highest BCUT2D eigenvalue weighted by atomic mass is 35.5. The molecule has 0 radical (unpaired) electrons. The maximum atomic E-state index is 13.1. The quantitative estimate of drug-likeness (QED) is 0.422. The summed E-state index contributed by atoms with van der Waals surface area (Å²) in [7, 11) is 0. The molecule has 34 heavy (non-hydrogen) atoms. The summed E-state index contributed by atoms with van der Waals surface area (Å²) in [6, 6.07) is 19.6. The number of anilines is 1. The van der Waals surface area contributed by atoms with Gasteiger partial charge in [0.25, 0.3) is 11.1 Å². The first kappa shape index (κ1) is 23.5. The van der Waals surface area contributed by atoms with Gasteiger partial charge in [0.05, 0.1) is 4.91 Å². The predicted octanol–water partition coefficient (Wildman–Crippen LogP) is 5.73. The van der Waals surface area contributed by atoms with E-state index in [0.29, 0.717) is 22.0 Å². The molecule has 6 nitrogen and oxygen atoms in total. The topological polar surface area (TPSA) is 75.7 Å². The molecule has 1 saturated heterocycles. The highest BCUT2D eigenvalue weighted by Gasteiger charge is 2.36. The van der Waals surface area contributed by atoms with Crippen molar-refractivity contribution in [1.29, 1.82) is 0 Å². The van der Waals surface area contributed by atoms with Crippen LogP contribution in [0, 0.1) is 5.82 Å². The first-order chi connectivity index (χ1) is 16.4.